The number of nitrogens with one attached hydrogen (secondary N) is 1. The molecule has 204 valence electrons. The maximum absolute atomic E-state index is 13.1. The van der Waals surface area contributed by atoms with Crippen LogP contribution < -0.4 is 14.9 Å². The number of carbonyl (C=O) groups excluding carboxylic acids is 2. The van der Waals surface area contributed by atoms with Crippen molar-refractivity contribution in [2.24, 2.45) is 5.10 Å². The predicted molar refractivity (Wildman–Crippen MR) is 163 cm³/mol. The fourth-order valence-electron chi connectivity index (χ4n) is 4.05. The van der Waals surface area contributed by atoms with Gasteiger partial charge in [0, 0.05) is 15.6 Å². The molecule has 0 heterocycles. The molecule has 5 aromatic carbocycles. The van der Waals surface area contributed by atoms with Gasteiger partial charge in [-0.15, -0.1) is 0 Å². The molecule has 0 fully saturated rings. The number of ether oxygens (including phenoxy) is 2. The van der Waals surface area contributed by atoms with Gasteiger partial charge in [0.15, 0.2) is 0 Å². The van der Waals surface area contributed by atoms with Crippen LogP contribution in [0.2, 0.25) is 15.1 Å². The van der Waals surface area contributed by atoms with Crippen molar-refractivity contribution in [1.82, 2.24) is 5.43 Å². The Labute approximate surface area is 251 Å². The summed E-state index contributed by atoms with van der Waals surface area (Å²) < 4.78 is 11.6. The molecule has 0 saturated carbocycles. The number of amides is 1. The second-order valence-corrected chi connectivity index (χ2v) is 10.1. The van der Waals surface area contributed by atoms with Gasteiger partial charge in [-0.1, -0.05) is 89.4 Å². The van der Waals surface area contributed by atoms with Crippen molar-refractivity contribution < 1.29 is 19.1 Å². The van der Waals surface area contributed by atoms with Crippen LogP contribution in [-0.4, -0.2) is 18.1 Å². The monoisotopic (exact) mass is 602 g/mol. The lowest BCUT2D eigenvalue weighted by Gasteiger charge is -2.12. The van der Waals surface area contributed by atoms with E-state index < -0.39 is 11.9 Å². The van der Waals surface area contributed by atoms with Crippen LogP contribution in [0.5, 0.6) is 11.5 Å². The summed E-state index contributed by atoms with van der Waals surface area (Å²) in [5, 5.41) is 7.04. The number of para-hydroxylation sites is 1. The molecule has 1 amide bonds. The first-order valence-corrected chi connectivity index (χ1v) is 13.5. The average molecular weight is 604 g/mol. The number of hydrazone groups is 1. The van der Waals surface area contributed by atoms with Gasteiger partial charge in [-0.05, 0) is 64.9 Å². The van der Waals surface area contributed by atoms with E-state index >= 15 is 0 Å². The van der Waals surface area contributed by atoms with Gasteiger partial charge in [0.05, 0.1) is 22.4 Å². The molecule has 1 N–H and O–H groups in total. The fraction of sp³-hybridized carbons (Fsp3) is 0.0312. The number of carbonyl (C=O) groups is 2. The first-order valence-electron chi connectivity index (χ1n) is 12.4. The minimum Gasteiger partial charge on any atom is -0.488 e. The third-order valence-corrected chi connectivity index (χ3v) is 6.88. The highest BCUT2D eigenvalue weighted by molar-refractivity contribution is 6.36. The van der Waals surface area contributed by atoms with E-state index in [0.717, 1.165) is 16.3 Å². The SMILES string of the molecule is O=C(Oc1ccc2ccccc2c1C=NNC(=O)c1ccccc1OCc1ccc(Cl)cc1)c1ccc(Cl)cc1Cl. The maximum Gasteiger partial charge on any atom is 0.345 e. The van der Waals surface area contributed by atoms with Crippen molar-refractivity contribution in [1.29, 1.82) is 0 Å². The molecule has 0 atom stereocenters. The zero-order valence-electron chi connectivity index (χ0n) is 21.3. The molecular weight excluding hydrogens is 583 g/mol. The van der Waals surface area contributed by atoms with Crippen LogP contribution in [-0.2, 0) is 6.61 Å². The maximum atomic E-state index is 13.1. The van der Waals surface area contributed by atoms with Gasteiger partial charge in [-0.2, -0.15) is 5.10 Å². The number of hydrogen-bond donors (Lipinski definition) is 1. The highest BCUT2D eigenvalue weighted by Crippen LogP contribution is 2.29. The normalized spacial score (nSPS) is 11.0. The van der Waals surface area contributed by atoms with Crippen molar-refractivity contribution in [3.63, 3.8) is 0 Å². The summed E-state index contributed by atoms with van der Waals surface area (Å²) in [4.78, 5) is 26.0. The Morgan fingerprint density at radius 1 is 0.756 bits per heavy atom. The van der Waals surface area contributed by atoms with Gasteiger partial charge >= 0.3 is 5.97 Å². The van der Waals surface area contributed by atoms with Crippen LogP contribution in [0.3, 0.4) is 0 Å². The van der Waals surface area contributed by atoms with Crippen LogP contribution in [0.1, 0.15) is 31.8 Å². The van der Waals surface area contributed by atoms with Crippen molar-refractivity contribution in [2.45, 2.75) is 6.61 Å². The highest BCUT2D eigenvalue weighted by Gasteiger charge is 2.17. The summed E-state index contributed by atoms with van der Waals surface area (Å²) in [5.41, 5.74) is 4.41. The number of nitrogens with zero attached hydrogens (tertiary/aromatic N) is 1. The van der Waals surface area contributed by atoms with Gasteiger partial charge in [0.25, 0.3) is 5.91 Å². The van der Waals surface area contributed by atoms with E-state index in [1.165, 1.54) is 18.3 Å². The lowest BCUT2D eigenvalue weighted by Crippen LogP contribution is -2.19. The Balaban J connectivity index is 1.36. The van der Waals surface area contributed by atoms with Crippen molar-refractivity contribution >= 4 is 63.7 Å². The summed E-state index contributed by atoms with van der Waals surface area (Å²) >= 11 is 18.1. The summed E-state index contributed by atoms with van der Waals surface area (Å²) in [6, 6.07) is 29.6. The molecule has 0 unspecified atom stereocenters. The third kappa shape index (κ3) is 6.87. The number of hydrogen-bond acceptors (Lipinski definition) is 5. The fourth-order valence-corrected chi connectivity index (χ4v) is 4.66. The largest absolute Gasteiger partial charge is 0.488 e. The standard InChI is InChI=1S/C32H21Cl3N2O4/c33-22-12-9-20(10-13-22)19-40-29-8-4-3-7-26(29)31(38)37-36-18-27-24-6-2-1-5-21(24)11-16-30(27)41-32(39)25-15-14-23(34)17-28(25)35/h1-18H,19H2,(H,37,38). The number of rotatable bonds is 8. The van der Waals surface area contributed by atoms with Crippen LogP contribution in [0.4, 0.5) is 0 Å². The van der Waals surface area contributed by atoms with Gasteiger partial charge in [0.2, 0.25) is 0 Å². The molecule has 0 aliphatic carbocycles. The van der Waals surface area contributed by atoms with Gasteiger partial charge in [0.1, 0.15) is 18.1 Å². The predicted octanol–water partition coefficient (Wildman–Crippen LogP) is 8.36. The number of fused-ring (bicyclic) bond motifs is 1. The quantitative estimate of drug-likeness (QED) is 0.0837. The molecule has 0 saturated heterocycles. The van der Waals surface area contributed by atoms with Crippen molar-refractivity contribution in [3.05, 3.63) is 140 Å². The molecule has 0 aliphatic rings. The van der Waals surface area contributed by atoms with E-state index in [0.29, 0.717) is 26.9 Å². The lowest BCUT2D eigenvalue weighted by molar-refractivity contribution is 0.0734. The molecule has 0 aliphatic heterocycles. The molecule has 41 heavy (non-hydrogen) atoms. The molecule has 9 heteroatoms. The second kappa shape index (κ2) is 12.9. The van der Waals surface area contributed by atoms with E-state index in [2.05, 4.69) is 10.5 Å². The Bertz CT molecular complexity index is 1770. The minimum absolute atomic E-state index is 0.163. The highest BCUT2D eigenvalue weighted by atomic mass is 35.5. The first-order chi connectivity index (χ1) is 19.9. The van der Waals surface area contributed by atoms with Crippen LogP contribution in [0.15, 0.2) is 108 Å². The zero-order chi connectivity index (χ0) is 28.8. The number of esters is 1. The average Bonchev–Trinajstić information content (AvgIpc) is 2.97. The Morgan fingerprint density at radius 2 is 1.49 bits per heavy atom. The van der Waals surface area contributed by atoms with E-state index in [1.807, 2.05) is 42.5 Å². The molecule has 5 aromatic rings. The third-order valence-electron chi connectivity index (χ3n) is 6.08. The van der Waals surface area contributed by atoms with Crippen LogP contribution >= 0.6 is 34.8 Å². The van der Waals surface area contributed by atoms with E-state index in [4.69, 9.17) is 44.3 Å². The first kappa shape index (κ1) is 28.2. The van der Waals surface area contributed by atoms with Crippen LogP contribution in [0, 0.1) is 0 Å². The van der Waals surface area contributed by atoms with E-state index in [1.54, 1.807) is 48.5 Å². The number of halogens is 3. The summed E-state index contributed by atoms with van der Waals surface area (Å²) in [5.74, 6) is -0.494. The Hall–Kier alpha value is -4.36. The molecule has 0 radical (unpaired) electrons. The minimum atomic E-state index is -0.660. The topological polar surface area (TPSA) is 77.0 Å². The Kier molecular flexibility index (Phi) is 8.85. The summed E-state index contributed by atoms with van der Waals surface area (Å²) in [6.45, 7) is 0.257. The molecule has 0 bridgehead atoms. The van der Waals surface area contributed by atoms with Crippen molar-refractivity contribution in [3.8, 4) is 11.5 Å². The van der Waals surface area contributed by atoms with Gasteiger partial charge in [-0.3, -0.25) is 4.79 Å². The zero-order valence-corrected chi connectivity index (χ0v) is 23.6. The molecule has 6 nitrogen and oxygen atoms in total. The van der Waals surface area contributed by atoms with Gasteiger partial charge in [-0.25, -0.2) is 10.2 Å². The number of benzene rings is 5. The second-order valence-electron chi connectivity index (χ2n) is 8.82. The molecule has 0 aromatic heterocycles. The molecular formula is C32H21Cl3N2O4. The van der Waals surface area contributed by atoms with Gasteiger partial charge < -0.3 is 9.47 Å². The smallest absolute Gasteiger partial charge is 0.345 e. The summed E-state index contributed by atoms with van der Waals surface area (Å²) in [6.07, 6.45) is 1.43. The lowest BCUT2D eigenvalue weighted by atomic mass is 10.0. The summed E-state index contributed by atoms with van der Waals surface area (Å²) in [7, 11) is 0. The van der Waals surface area contributed by atoms with E-state index in [-0.39, 0.29) is 22.9 Å². The molecule has 5 rings (SSSR count). The Morgan fingerprint density at radius 3 is 2.29 bits per heavy atom. The molecule has 0 spiro atoms. The van der Waals surface area contributed by atoms with Crippen LogP contribution in [0.25, 0.3) is 10.8 Å². The van der Waals surface area contributed by atoms with E-state index in [9.17, 15) is 9.59 Å². The van der Waals surface area contributed by atoms with Crippen molar-refractivity contribution in [2.75, 3.05) is 0 Å².